The molecule has 0 saturated carbocycles. The average Bonchev–Trinajstić information content (AvgIpc) is 3.10. The van der Waals surface area contributed by atoms with Crippen molar-refractivity contribution in [2.75, 3.05) is 18.0 Å². The molecule has 0 atom stereocenters. The summed E-state index contributed by atoms with van der Waals surface area (Å²) < 4.78 is 107. The van der Waals surface area contributed by atoms with Crippen molar-refractivity contribution in [3.05, 3.63) is 143 Å². The summed E-state index contributed by atoms with van der Waals surface area (Å²) in [4.78, 5) is 0.565. The summed E-state index contributed by atoms with van der Waals surface area (Å²) in [5.41, 5.74) is 4.98. The molecule has 1 N–H and O–H groups in total. The number of allylic oxidation sites excluding steroid dienone is 5. The van der Waals surface area contributed by atoms with E-state index < -0.39 is 41.0 Å². The Balaban J connectivity index is 0.00000348. The second-order valence-corrected chi connectivity index (χ2v) is 15.9. The number of hydrogen-bond acceptors (Lipinski definition) is 11. The molecule has 0 amide bonds. The molecule has 0 bridgehead atoms. The van der Waals surface area contributed by atoms with E-state index in [1.165, 1.54) is 42.5 Å². The van der Waals surface area contributed by atoms with Gasteiger partial charge in [-0.05, 0) is 102 Å². The SMILES string of the molecule is CCN(Cc1cccc(S(=O)(=O)[O-])c1)c1ccc(C(=C2C=CC(=[N+](CC)Cc3cccc(S(=O)(=O)[O-])c3)C=C2)c2ccc(O)c(S(=O)(=O)[O-])c2)cc1.[Na+].[Na+].[Na+]. The minimum atomic E-state index is -5.02. The minimum Gasteiger partial charge on any atom is -0.744 e. The van der Waals surface area contributed by atoms with Crippen molar-refractivity contribution < 1.29 is 137 Å². The number of phenolic OH excluding ortho intramolecular Hbond substituents is 1. The van der Waals surface area contributed by atoms with Crippen LogP contribution in [0.1, 0.15) is 36.1 Å². The third-order valence-electron chi connectivity index (χ3n) is 8.44. The summed E-state index contributed by atoms with van der Waals surface area (Å²) in [5, 5.41) is 10.2. The molecule has 1 aliphatic rings. The van der Waals surface area contributed by atoms with Crippen LogP contribution in [-0.2, 0) is 43.4 Å². The molecule has 0 saturated heterocycles. The van der Waals surface area contributed by atoms with Gasteiger partial charge in [0.05, 0.1) is 14.7 Å². The maximum Gasteiger partial charge on any atom is 1.00 e. The van der Waals surface area contributed by atoms with Gasteiger partial charge < -0.3 is 23.7 Å². The van der Waals surface area contributed by atoms with Gasteiger partial charge in [-0.25, -0.2) is 29.8 Å². The molecule has 0 unspecified atom stereocenters. The quantitative estimate of drug-likeness (QED) is 0.0825. The molecule has 0 heterocycles. The molecular weight excluding hydrogens is 798 g/mol. The normalized spacial score (nSPS) is 12.6. The Kier molecular flexibility index (Phi) is 18.5. The van der Waals surface area contributed by atoms with E-state index in [2.05, 4.69) is 0 Å². The largest absolute Gasteiger partial charge is 1.00 e. The summed E-state index contributed by atoms with van der Waals surface area (Å²) in [6.45, 7) is 5.55. The molecule has 0 aliphatic heterocycles. The summed E-state index contributed by atoms with van der Waals surface area (Å²) in [6, 6.07) is 22.7. The number of anilines is 1. The van der Waals surface area contributed by atoms with Crippen molar-refractivity contribution >= 4 is 47.3 Å². The zero-order chi connectivity index (χ0) is 37.8. The second-order valence-electron chi connectivity index (χ2n) is 11.8. The van der Waals surface area contributed by atoms with Crippen LogP contribution in [0.5, 0.6) is 5.75 Å². The van der Waals surface area contributed by atoms with Gasteiger partial charge in [0.25, 0.3) is 0 Å². The van der Waals surface area contributed by atoms with Crippen molar-refractivity contribution in [3.63, 3.8) is 0 Å². The van der Waals surface area contributed by atoms with Gasteiger partial charge in [-0.3, -0.25) is 0 Å². The van der Waals surface area contributed by atoms with E-state index in [-0.39, 0.29) is 98.5 Å². The van der Waals surface area contributed by atoms with E-state index in [1.54, 1.807) is 12.1 Å². The summed E-state index contributed by atoms with van der Waals surface area (Å²) >= 11 is 0. The van der Waals surface area contributed by atoms with Crippen LogP contribution in [0, 0.1) is 0 Å². The Morgan fingerprint density at radius 2 is 1.18 bits per heavy atom. The molecule has 0 fully saturated rings. The van der Waals surface area contributed by atoms with E-state index in [4.69, 9.17) is 0 Å². The predicted molar refractivity (Wildman–Crippen MR) is 192 cm³/mol. The number of benzene rings is 4. The first-order valence-electron chi connectivity index (χ1n) is 15.9. The first-order chi connectivity index (χ1) is 24.5. The van der Waals surface area contributed by atoms with Gasteiger partial charge >= 0.3 is 88.7 Å². The second kappa shape index (κ2) is 20.7. The molecule has 5 rings (SSSR count). The van der Waals surface area contributed by atoms with Crippen LogP contribution in [0.4, 0.5) is 5.69 Å². The molecule has 0 radical (unpaired) electrons. The monoisotopic (exact) mass is 831 g/mol. The minimum absolute atomic E-state index is 0. The number of phenols is 1. The van der Waals surface area contributed by atoms with Gasteiger partial charge in [-0.15, -0.1) is 0 Å². The predicted octanol–water partition coefficient (Wildman–Crippen LogP) is -4.26. The standard InChI is InChI=1S/C37H36N2O10S3.3Na/c1-3-38(24-26-7-5-9-33(21-26)50(41,42)43)31-16-11-28(12-17-31)37(30-15-20-35(40)36(23-30)52(47,48)49)29-13-18-32(19-14-29)39(4-2)25-27-8-6-10-34(22-27)51(44,45)46;;;/h5-23H,3-4,24-25H2,1-2H3,(H3,41,42,43,44,45,46,47,48,49);;;/q;3*+1/p-2. The molecule has 0 spiro atoms. The van der Waals surface area contributed by atoms with Crippen LogP contribution in [0.25, 0.3) is 5.57 Å². The third-order valence-corrected chi connectivity index (χ3v) is 11.0. The number of rotatable bonds is 12. The van der Waals surface area contributed by atoms with Gasteiger partial charge in [-0.2, -0.15) is 0 Å². The smallest absolute Gasteiger partial charge is 0.744 e. The molecule has 18 heteroatoms. The third kappa shape index (κ3) is 12.8. The molecule has 0 aromatic heterocycles. The fourth-order valence-electron chi connectivity index (χ4n) is 5.86. The molecule has 1 aliphatic carbocycles. The van der Waals surface area contributed by atoms with E-state index >= 15 is 0 Å². The molecule has 55 heavy (non-hydrogen) atoms. The number of nitrogens with zero attached hydrogens (tertiary/aromatic N) is 2. The summed E-state index contributed by atoms with van der Waals surface area (Å²) in [5.74, 6) is -0.677. The van der Waals surface area contributed by atoms with E-state index in [9.17, 15) is 44.0 Å². The van der Waals surface area contributed by atoms with Gasteiger partial charge in [0.15, 0.2) is 12.3 Å². The Labute approximate surface area is 388 Å². The van der Waals surface area contributed by atoms with Crippen LogP contribution in [-0.4, -0.2) is 67.4 Å². The Hall–Kier alpha value is -1.90. The maximum atomic E-state index is 12.0. The first-order valence-corrected chi connectivity index (χ1v) is 20.2. The molecule has 272 valence electrons. The van der Waals surface area contributed by atoms with Crippen LogP contribution >= 0.6 is 0 Å². The Morgan fingerprint density at radius 1 is 0.655 bits per heavy atom. The van der Waals surface area contributed by atoms with Gasteiger partial charge in [-0.1, -0.05) is 42.5 Å². The molecule has 4 aromatic rings. The van der Waals surface area contributed by atoms with Crippen LogP contribution in [0.3, 0.4) is 0 Å². The molecular formula is C37H34N2Na3O10S3+. The van der Waals surface area contributed by atoms with Gasteiger partial charge in [0, 0.05) is 36.5 Å². The fourth-order valence-corrected chi connectivity index (χ4v) is 7.54. The van der Waals surface area contributed by atoms with Crippen molar-refractivity contribution in [1.82, 2.24) is 0 Å². The van der Waals surface area contributed by atoms with Crippen LogP contribution in [0.2, 0.25) is 0 Å². The zero-order valence-electron chi connectivity index (χ0n) is 31.0. The Morgan fingerprint density at radius 3 is 1.69 bits per heavy atom. The number of aromatic hydroxyl groups is 1. The molecule has 12 nitrogen and oxygen atoms in total. The number of hydrogen-bond donors (Lipinski definition) is 1. The topological polar surface area (TPSA) is 198 Å². The van der Waals surface area contributed by atoms with Gasteiger partial charge in [0.2, 0.25) is 0 Å². The van der Waals surface area contributed by atoms with Crippen molar-refractivity contribution in [1.29, 1.82) is 0 Å². The van der Waals surface area contributed by atoms with Crippen LogP contribution < -0.4 is 93.6 Å². The van der Waals surface area contributed by atoms with Crippen molar-refractivity contribution in [2.24, 2.45) is 0 Å². The van der Waals surface area contributed by atoms with Crippen molar-refractivity contribution in [2.45, 2.75) is 41.6 Å². The fraction of sp³-hybridized carbons (Fsp3) is 0.162. The zero-order valence-corrected chi connectivity index (χ0v) is 39.5. The summed E-state index contributed by atoms with van der Waals surface area (Å²) in [6.07, 6.45) is 7.30. The van der Waals surface area contributed by atoms with Crippen molar-refractivity contribution in [3.8, 4) is 5.75 Å². The van der Waals surface area contributed by atoms with E-state index in [0.717, 1.165) is 23.5 Å². The van der Waals surface area contributed by atoms with E-state index in [0.29, 0.717) is 59.6 Å². The maximum absolute atomic E-state index is 12.0. The molecule has 4 aromatic carbocycles. The Bertz CT molecular complexity index is 2470. The van der Waals surface area contributed by atoms with E-state index in [1.807, 2.05) is 71.9 Å². The summed E-state index contributed by atoms with van der Waals surface area (Å²) in [7, 11) is -14.3. The van der Waals surface area contributed by atoms with Crippen LogP contribution in [0.15, 0.2) is 136 Å². The van der Waals surface area contributed by atoms with Gasteiger partial charge in [0.1, 0.15) is 42.6 Å². The average molecular weight is 832 g/mol. The first kappa shape index (κ1) is 49.2.